The molecule has 2 atom stereocenters. The van der Waals surface area contributed by atoms with E-state index in [-0.39, 0.29) is 12.1 Å². The maximum Gasteiger partial charge on any atom is 0.221 e. The van der Waals surface area contributed by atoms with Crippen LogP contribution in [0.4, 0.5) is 0 Å². The second-order valence-corrected chi connectivity index (χ2v) is 10.1. The minimum Gasteiger partial charge on any atom is -0.307 e. The van der Waals surface area contributed by atoms with Crippen LogP contribution in [0.2, 0.25) is 0 Å². The highest BCUT2D eigenvalue weighted by molar-refractivity contribution is 5.78. The summed E-state index contributed by atoms with van der Waals surface area (Å²) in [6.45, 7) is 11.2. The van der Waals surface area contributed by atoms with E-state index < -0.39 is 0 Å². The molecule has 0 fully saturated rings. The van der Waals surface area contributed by atoms with Crippen molar-refractivity contribution in [2.45, 2.75) is 143 Å². The van der Waals surface area contributed by atoms with Crippen LogP contribution in [0.15, 0.2) is 17.1 Å². The van der Waals surface area contributed by atoms with Gasteiger partial charge in [-0.15, -0.1) is 0 Å². The number of rotatable bonds is 21. The zero-order chi connectivity index (χ0) is 24.2. The van der Waals surface area contributed by atoms with Gasteiger partial charge in [-0.25, -0.2) is 4.99 Å². The van der Waals surface area contributed by atoms with Crippen LogP contribution in [0.5, 0.6) is 0 Å². The summed E-state index contributed by atoms with van der Waals surface area (Å²) in [5.74, 6) is 1.37. The third-order valence-corrected chi connectivity index (χ3v) is 7.44. The van der Waals surface area contributed by atoms with Crippen LogP contribution in [0.25, 0.3) is 0 Å². The SMILES string of the molecule is CCCCCCC/C=C/CCCCCCCCCCCC1=NCC[N+]1(CC)C(C)NC(C)=O. The number of hydrogen-bond acceptors (Lipinski definition) is 2. The molecule has 1 N–H and O–H groups in total. The topological polar surface area (TPSA) is 41.5 Å². The first-order valence-electron chi connectivity index (χ1n) is 14.4. The van der Waals surface area contributed by atoms with Crippen molar-refractivity contribution in [3.05, 3.63) is 12.2 Å². The Balaban J connectivity index is 1.98. The van der Waals surface area contributed by atoms with E-state index in [1.807, 2.05) is 0 Å². The van der Waals surface area contributed by atoms with Gasteiger partial charge in [0.25, 0.3) is 0 Å². The lowest BCUT2D eigenvalue weighted by molar-refractivity contribution is -0.861. The largest absolute Gasteiger partial charge is 0.307 e. The van der Waals surface area contributed by atoms with Crippen molar-refractivity contribution < 1.29 is 9.28 Å². The Hall–Kier alpha value is -1.16. The Morgan fingerprint density at radius 1 is 0.879 bits per heavy atom. The molecular weight excluding hydrogens is 406 g/mol. The highest BCUT2D eigenvalue weighted by atomic mass is 16.1. The van der Waals surface area contributed by atoms with Crippen LogP contribution in [0.1, 0.15) is 137 Å². The molecule has 1 heterocycles. The molecule has 0 aromatic rings. The van der Waals surface area contributed by atoms with Gasteiger partial charge in [-0.3, -0.25) is 9.28 Å². The zero-order valence-corrected chi connectivity index (χ0v) is 22.7. The normalized spacial score (nSPS) is 19.2. The number of carbonyl (C=O) groups excluding carboxylic acids is 1. The number of amidine groups is 1. The monoisotopic (exact) mass is 462 g/mol. The molecule has 1 amide bonds. The van der Waals surface area contributed by atoms with Gasteiger partial charge in [0.05, 0.1) is 13.1 Å². The molecular formula is C29H56N3O+. The summed E-state index contributed by atoms with van der Waals surface area (Å²) in [7, 11) is 0. The Morgan fingerprint density at radius 3 is 1.91 bits per heavy atom. The van der Waals surface area contributed by atoms with E-state index >= 15 is 0 Å². The highest BCUT2D eigenvalue weighted by Crippen LogP contribution is 2.23. The maximum absolute atomic E-state index is 11.5. The standard InChI is InChI=1S/C29H55N3O/c1-5-7-8-9-10-11-12-13-14-15-16-17-18-19-20-21-22-23-24-29-30-25-26-32(29,6-2)27(3)31-28(4)33/h12-13,27H,5-11,14-26H2,1-4H3/p+1/b13-12+. The van der Waals surface area contributed by atoms with Gasteiger partial charge in [0.15, 0.2) is 12.0 Å². The molecule has 0 aromatic carbocycles. The summed E-state index contributed by atoms with van der Waals surface area (Å²) < 4.78 is 0.855. The molecule has 0 saturated carbocycles. The van der Waals surface area contributed by atoms with E-state index in [1.165, 1.54) is 109 Å². The van der Waals surface area contributed by atoms with E-state index in [1.54, 1.807) is 6.92 Å². The molecule has 0 spiro atoms. The Bertz CT molecular complexity index is 557. The molecule has 4 heteroatoms. The smallest absolute Gasteiger partial charge is 0.221 e. The van der Waals surface area contributed by atoms with Crippen molar-refractivity contribution >= 4 is 11.7 Å². The lowest BCUT2D eigenvalue weighted by Crippen LogP contribution is -2.62. The summed E-state index contributed by atoms with van der Waals surface area (Å²) in [6, 6.07) is 0. The van der Waals surface area contributed by atoms with Crippen LogP contribution in [0, 0.1) is 0 Å². The van der Waals surface area contributed by atoms with E-state index in [0.717, 1.165) is 30.5 Å². The Morgan fingerprint density at radius 2 is 1.39 bits per heavy atom. The second-order valence-electron chi connectivity index (χ2n) is 10.1. The molecule has 0 saturated heterocycles. The fourth-order valence-corrected chi connectivity index (χ4v) is 5.26. The first-order chi connectivity index (χ1) is 16.1. The van der Waals surface area contributed by atoms with Crippen molar-refractivity contribution in [3.63, 3.8) is 0 Å². The molecule has 2 unspecified atom stereocenters. The van der Waals surface area contributed by atoms with Crippen molar-refractivity contribution in [3.8, 4) is 0 Å². The van der Waals surface area contributed by atoms with Gasteiger partial charge >= 0.3 is 0 Å². The summed E-state index contributed by atoms with van der Waals surface area (Å²) in [5, 5.41) is 3.12. The van der Waals surface area contributed by atoms with Crippen LogP contribution in [-0.4, -0.2) is 42.0 Å². The number of allylic oxidation sites excluding steroid dienone is 2. The minimum absolute atomic E-state index is 0.0596. The zero-order valence-electron chi connectivity index (χ0n) is 22.7. The molecule has 4 nitrogen and oxygen atoms in total. The Labute approximate surface area is 206 Å². The van der Waals surface area contributed by atoms with Crippen molar-refractivity contribution in [1.82, 2.24) is 5.32 Å². The number of unbranched alkanes of at least 4 members (excludes halogenated alkanes) is 14. The third-order valence-electron chi connectivity index (χ3n) is 7.44. The summed E-state index contributed by atoms with van der Waals surface area (Å²) in [6.07, 6.45) is 27.7. The number of likely N-dealkylation sites (N-methyl/N-ethyl adjacent to an activating group) is 1. The summed E-state index contributed by atoms with van der Waals surface area (Å²) in [5.41, 5.74) is 0. The van der Waals surface area contributed by atoms with Gasteiger partial charge in [0.1, 0.15) is 6.54 Å². The third kappa shape index (κ3) is 12.8. The number of hydrogen-bond donors (Lipinski definition) is 1. The number of carbonyl (C=O) groups is 1. The fourth-order valence-electron chi connectivity index (χ4n) is 5.26. The predicted molar refractivity (Wildman–Crippen MR) is 145 cm³/mol. The van der Waals surface area contributed by atoms with Gasteiger partial charge in [-0.1, -0.05) is 89.7 Å². The average Bonchev–Trinajstić information content (AvgIpc) is 3.22. The predicted octanol–water partition coefficient (Wildman–Crippen LogP) is 7.93. The van der Waals surface area contributed by atoms with Gasteiger partial charge in [0, 0.05) is 20.3 Å². The number of nitrogens with one attached hydrogen (secondary N) is 1. The molecule has 0 aliphatic carbocycles. The van der Waals surface area contributed by atoms with E-state index in [0.29, 0.717) is 0 Å². The summed E-state index contributed by atoms with van der Waals surface area (Å²) >= 11 is 0. The lowest BCUT2D eigenvalue weighted by Gasteiger charge is -2.39. The molecule has 0 bridgehead atoms. The van der Waals surface area contributed by atoms with Crippen LogP contribution in [-0.2, 0) is 4.79 Å². The lowest BCUT2D eigenvalue weighted by atomic mass is 10.0. The van der Waals surface area contributed by atoms with E-state index in [4.69, 9.17) is 4.99 Å². The minimum atomic E-state index is 0.0596. The first kappa shape index (κ1) is 29.9. The quantitative estimate of drug-likeness (QED) is 0.105. The van der Waals surface area contributed by atoms with Gasteiger partial charge in [0.2, 0.25) is 5.91 Å². The van der Waals surface area contributed by atoms with E-state index in [2.05, 4.69) is 38.2 Å². The molecule has 0 aromatic heterocycles. The van der Waals surface area contributed by atoms with Gasteiger partial charge in [-0.2, -0.15) is 0 Å². The molecule has 1 aliphatic heterocycles. The average molecular weight is 463 g/mol. The maximum atomic E-state index is 11.5. The highest BCUT2D eigenvalue weighted by Gasteiger charge is 2.41. The molecule has 33 heavy (non-hydrogen) atoms. The number of quaternary nitrogens is 1. The van der Waals surface area contributed by atoms with Crippen LogP contribution in [0.3, 0.4) is 0 Å². The molecule has 192 valence electrons. The van der Waals surface area contributed by atoms with Gasteiger partial charge in [-0.05, 0) is 39.0 Å². The van der Waals surface area contributed by atoms with Crippen LogP contribution >= 0.6 is 0 Å². The number of aliphatic imine (C=N–C) groups is 1. The second kappa shape index (κ2) is 19.2. The fraction of sp³-hybridized carbons (Fsp3) is 0.862. The molecule has 1 aliphatic rings. The molecule has 1 rings (SSSR count). The van der Waals surface area contributed by atoms with Crippen molar-refractivity contribution in [2.24, 2.45) is 4.99 Å². The van der Waals surface area contributed by atoms with E-state index in [9.17, 15) is 4.79 Å². The number of nitrogens with zero attached hydrogens (tertiary/aromatic N) is 2. The van der Waals surface area contributed by atoms with Crippen molar-refractivity contribution in [1.29, 1.82) is 0 Å². The first-order valence-corrected chi connectivity index (χ1v) is 14.4. The Kier molecular flexibility index (Phi) is 17.4. The molecule has 0 radical (unpaired) electrons. The summed E-state index contributed by atoms with van der Waals surface area (Å²) in [4.78, 5) is 16.4. The van der Waals surface area contributed by atoms with Gasteiger partial charge < -0.3 is 5.32 Å². The van der Waals surface area contributed by atoms with Crippen LogP contribution < -0.4 is 5.32 Å². The number of amides is 1. The van der Waals surface area contributed by atoms with Crippen molar-refractivity contribution in [2.75, 3.05) is 19.6 Å².